The lowest BCUT2D eigenvalue weighted by atomic mass is 9.92. The monoisotopic (exact) mass is 499 g/mol. The second kappa shape index (κ2) is 10.6. The summed E-state index contributed by atoms with van der Waals surface area (Å²) in [5, 5.41) is 0. The van der Waals surface area contributed by atoms with Gasteiger partial charge < -0.3 is 24.0 Å². The van der Waals surface area contributed by atoms with E-state index < -0.39 is 0 Å². The molecule has 6 rings (SSSR count). The number of aromatic nitrogens is 1. The van der Waals surface area contributed by atoms with Crippen molar-refractivity contribution < 1.29 is 14.2 Å². The highest BCUT2D eigenvalue weighted by Gasteiger charge is 2.46. The number of benzene rings is 2. The van der Waals surface area contributed by atoms with Gasteiger partial charge in [-0.05, 0) is 61.8 Å². The summed E-state index contributed by atoms with van der Waals surface area (Å²) < 4.78 is 17.4. The lowest BCUT2D eigenvalue weighted by Crippen LogP contribution is -2.43. The molecule has 0 N–H and O–H groups in total. The molecule has 2 saturated heterocycles. The Hall–Kier alpha value is -3.25. The minimum Gasteiger partial charge on any atom is -0.497 e. The van der Waals surface area contributed by atoms with E-state index in [4.69, 9.17) is 19.2 Å². The molecule has 0 unspecified atom stereocenters. The van der Waals surface area contributed by atoms with Crippen molar-refractivity contribution in [3.63, 3.8) is 0 Å². The van der Waals surface area contributed by atoms with Gasteiger partial charge in [0.2, 0.25) is 5.88 Å². The third-order valence-electron chi connectivity index (χ3n) is 8.22. The van der Waals surface area contributed by atoms with Crippen LogP contribution >= 0.6 is 0 Å². The van der Waals surface area contributed by atoms with E-state index in [0.29, 0.717) is 24.6 Å². The molecule has 0 spiro atoms. The van der Waals surface area contributed by atoms with Crippen LogP contribution in [0.5, 0.6) is 11.6 Å². The molecule has 37 heavy (non-hydrogen) atoms. The Balaban J connectivity index is 1.30. The van der Waals surface area contributed by atoms with Crippen LogP contribution in [0.2, 0.25) is 0 Å². The van der Waals surface area contributed by atoms with Crippen molar-refractivity contribution in [2.24, 2.45) is 5.92 Å². The number of pyridine rings is 1. The normalized spacial score (nSPS) is 24.9. The maximum atomic E-state index is 6.32. The van der Waals surface area contributed by atoms with Crippen molar-refractivity contribution in [1.82, 2.24) is 4.98 Å². The minimum absolute atomic E-state index is 0.211. The summed E-state index contributed by atoms with van der Waals surface area (Å²) in [7, 11) is 1.69. The first-order valence-electron chi connectivity index (χ1n) is 13.6. The number of anilines is 2. The van der Waals surface area contributed by atoms with Crippen LogP contribution in [0.4, 0.5) is 11.5 Å². The highest BCUT2D eigenvalue weighted by Crippen LogP contribution is 2.46. The van der Waals surface area contributed by atoms with E-state index in [0.717, 1.165) is 49.2 Å². The number of hydrogen-bond donors (Lipinski definition) is 0. The van der Waals surface area contributed by atoms with Crippen LogP contribution in [-0.2, 0) is 17.8 Å². The molecule has 0 amide bonds. The topological polar surface area (TPSA) is 47.1 Å². The Morgan fingerprint density at radius 2 is 1.84 bits per heavy atom. The second-order valence-electron chi connectivity index (χ2n) is 10.7. The molecule has 1 aromatic heterocycles. The predicted octanol–water partition coefficient (Wildman–Crippen LogP) is 5.49. The summed E-state index contributed by atoms with van der Waals surface area (Å²) in [6, 6.07) is 24.4. The van der Waals surface area contributed by atoms with Crippen LogP contribution in [0.15, 0.2) is 66.7 Å². The van der Waals surface area contributed by atoms with E-state index in [1.807, 2.05) is 24.3 Å². The Labute approximate surface area is 220 Å². The zero-order valence-corrected chi connectivity index (χ0v) is 21.9. The molecule has 6 nitrogen and oxygen atoms in total. The molecule has 3 aliphatic rings. The molecule has 194 valence electrons. The zero-order chi connectivity index (χ0) is 25.2. The Kier molecular flexibility index (Phi) is 6.92. The Morgan fingerprint density at radius 1 is 1.00 bits per heavy atom. The van der Waals surface area contributed by atoms with Crippen molar-refractivity contribution in [3.05, 3.63) is 77.9 Å². The Morgan fingerprint density at radius 3 is 2.62 bits per heavy atom. The number of ether oxygens (including phenoxy) is 3. The van der Waals surface area contributed by atoms with Gasteiger partial charge >= 0.3 is 0 Å². The number of rotatable bonds is 8. The average molecular weight is 500 g/mol. The van der Waals surface area contributed by atoms with Crippen LogP contribution in [0.25, 0.3) is 0 Å². The van der Waals surface area contributed by atoms with Gasteiger partial charge in [-0.2, -0.15) is 4.98 Å². The summed E-state index contributed by atoms with van der Waals surface area (Å²) in [6.07, 6.45) is 5.10. The fourth-order valence-corrected chi connectivity index (χ4v) is 6.37. The first kappa shape index (κ1) is 24.1. The number of methoxy groups -OCH3 is 1. The van der Waals surface area contributed by atoms with Crippen molar-refractivity contribution in [1.29, 1.82) is 0 Å². The molecule has 1 aliphatic carbocycles. The lowest BCUT2D eigenvalue weighted by molar-refractivity contribution is 0.0532. The van der Waals surface area contributed by atoms with E-state index in [9.17, 15) is 0 Å². The molecule has 2 bridgehead atoms. The second-order valence-corrected chi connectivity index (χ2v) is 10.7. The van der Waals surface area contributed by atoms with Gasteiger partial charge in [0.25, 0.3) is 0 Å². The summed E-state index contributed by atoms with van der Waals surface area (Å²) in [5.74, 6) is 3.31. The molecular formula is C31H37N3O3. The van der Waals surface area contributed by atoms with Gasteiger partial charge in [0.1, 0.15) is 18.2 Å². The van der Waals surface area contributed by atoms with Crippen LogP contribution in [-0.4, -0.2) is 50.0 Å². The average Bonchev–Trinajstić information content (AvgIpc) is 3.55. The molecule has 2 aromatic carbocycles. The van der Waals surface area contributed by atoms with E-state index in [-0.39, 0.29) is 6.10 Å². The van der Waals surface area contributed by atoms with Crippen molar-refractivity contribution in [2.75, 3.05) is 36.6 Å². The molecule has 3 fully saturated rings. The highest BCUT2D eigenvalue weighted by atomic mass is 16.5. The van der Waals surface area contributed by atoms with Gasteiger partial charge in [-0.1, -0.05) is 42.5 Å². The van der Waals surface area contributed by atoms with Crippen LogP contribution in [0.1, 0.15) is 37.3 Å². The van der Waals surface area contributed by atoms with Gasteiger partial charge in [0, 0.05) is 43.0 Å². The van der Waals surface area contributed by atoms with Gasteiger partial charge in [-0.25, -0.2) is 0 Å². The predicted molar refractivity (Wildman–Crippen MR) is 147 cm³/mol. The first-order valence-corrected chi connectivity index (χ1v) is 13.6. The van der Waals surface area contributed by atoms with Crippen LogP contribution in [0, 0.1) is 5.92 Å². The standard InChI is InChI=1S/C31H37N3O3/c1-22-20-33(14-15-36-22)27-18-30(32-31(19-27)37-21-24-8-12-28(35-2)13-9-24)34-26-11-10-25(17-26)29(34)16-23-6-4-3-5-7-23/h3-9,12-13,18-19,22,25-26,29H,10-11,14-17,20-21H2,1-2H3/t22-,25-,26+,29-/m1/s1. The molecule has 0 radical (unpaired) electrons. The summed E-state index contributed by atoms with van der Waals surface area (Å²) in [5.41, 5.74) is 3.67. The van der Waals surface area contributed by atoms with Crippen LogP contribution < -0.4 is 19.3 Å². The van der Waals surface area contributed by atoms with E-state index in [1.54, 1.807) is 7.11 Å². The first-order chi connectivity index (χ1) is 18.2. The van der Waals surface area contributed by atoms with E-state index in [1.165, 1.54) is 30.5 Å². The SMILES string of the molecule is COc1ccc(COc2cc(N3CCO[C@H](C)C3)cc(N3[C@H]4CC[C@H](C4)[C@H]3Cc3ccccc3)n2)cc1. The van der Waals surface area contributed by atoms with Gasteiger partial charge in [0.15, 0.2) is 0 Å². The molecule has 3 aromatic rings. The van der Waals surface area contributed by atoms with Crippen molar-refractivity contribution in [3.8, 4) is 11.6 Å². The number of hydrogen-bond acceptors (Lipinski definition) is 6. The largest absolute Gasteiger partial charge is 0.497 e. The summed E-state index contributed by atoms with van der Waals surface area (Å²) in [4.78, 5) is 10.1. The fourth-order valence-electron chi connectivity index (χ4n) is 6.37. The summed E-state index contributed by atoms with van der Waals surface area (Å²) in [6.45, 7) is 5.11. The highest BCUT2D eigenvalue weighted by molar-refractivity contribution is 5.60. The smallest absolute Gasteiger partial charge is 0.217 e. The molecule has 3 heterocycles. The molecule has 2 aliphatic heterocycles. The van der Waals surface area contributed by atoms with Crippen LogP contribution in [0.3, 0.4) is 0 Å². The summed E-state index contributed by atoms with van der Waals surface area (Å²) >= 11 is 0. The quantitative estimate of drug-likeness (QED) is 0.408. The van der Waals surface area contributed by atoms with E-state index >= 15 is 0 Å². The minimum atomic E-state index is 0.211. The Bertz CT molecular complexity index is 1190. The fraction of sp³-hybridized carbons (Fsp3) is 0.452. The van der Waals surface area contributed by atoms with Gasteiger partial charge in [-0.3, -0.25) is 0 Å². The van der Waals surface area contributed by atoms with Gasteiger partial charge in [0.05, 0.1) is 19.8 Å². The van der Waals surface area contributed by atoms with Crippen molar-refractivity contribution >= 4 is 11.5 Å². The lowest BCUT2D eigenvalue weighted by Gasteiger charge is -2.38. The zero-order valence-electron chi connectivity index (χ0n) is 21.9. The third kappa shape index (κ3) is 5.26. The maximum Gasteiger partial charge on any atom is 0.217 e. The number of morpholine rings is 1. The molecule has 6 heteroatoms. The number of fused-ring (bicyclic) bond motifs is 2. The molecular weight excluding hydrogens is 462 g/mol. The number of piperidine rings is 1. The van der Waals surface area contributed by atoms with Gasteiger partial charge in [-0.15, -0.1) is 0 Å². The van der Waals surface area contributed by atoms with Crippen molar-refractivity contribution in [2.45, 2.75) is 57.4 Å². The maximum absolute atomic E-state index is 6.32. The molecule has 4 atom stereocenters. The number of nitrogens with zero attached hydrogens (tertiary/aromatic N) is 3. The third-order valence-corrected chi connectivity index (χ3v) is 8.22. The van der Waals surface area contributed by atoms with E-state index in [2.05, 4.69) is 59.2 Å². The molecule has 1 saturated carbocycles.